The van der Waals surface area contributed by atoms with Crippen LogP contribution < -0.4 is 5.32 Å². The first-order valence-corrected chi connectivity index (χ1v) is 5.05. The van der Waals surface area contributed by atoms with E-state index in [1.807, 2.05) is 19.1 Å². The lowest BCUT2D eigenvalue weighted by molar-refractivity contribution is 0.750. The monoisotopic (exact) mass is 176 g/mol. The van der Waals surface area contributed by atoms with Gasteiger partial charge in [-0.3, -0.25) is 0 Å². The van der Waals surface area contributed by atoms with Crippen LogP contribution in [0.2, 0.25) is 0 Å². The molecular formula is C11H16N2. The molecule has 1 heterocycles. The van der Waals surface area contributed by atoms with Crippen molar-refractivity contribution in [3.8, 4) is 0 Å². The SMILES string of the molecule is Cc1cccc(NC2CCCC2)n1. The van der Waals surface area contributed by atoms with Crippen LogP contribution in [0.1, 0.15) is 31.4 Å². The third kappa shape index (κ3) is 2.20. The summed E-state index contributed by atoms with van der Waals surface area (Å²) in [4.78, 5) is 4.43. The van der Waals surface area contributed by atoms with Gasteiger partial charge in [0.15, 0.2) is 0 Å². The van der Waals surface area contributed by atoms with Crippen LogP contribution in [-0.2, 0) is 0 Å². The van der Waals surface area contributed by atoms with E-state index in [2.05, 4.69) is 16.4 Å². The van der Waals surface area contributed by atoms with Crippen molar-refractivity contribution in [2.75, 3.05) is 5.32 Å². The van der Waals surface area contributed by atoms with Gasteiger partial charge in [0.1, 0.15) is 5.82 Å². The molecule has 1 aliphatic carbocycles. The molecule has 2 nitrogen and oxygen atoms in total. The minimum absolute atomic E-state index is 0.661. The van der Waals surface area contributed by atoms with E-state index in [9.17, 15) is 0 Å². The van der Waals surface area contributed by atoms with E-state index in [4.69, 9.17) is 0 Å². The molecule has 0 atom stereocenters. The molecule has 0 amide bonds. The quantitative estimate of drug-likeness (QED) is 0.749. The zero-order chi connectivity index (χ0) is 9.10. The van der Waals surface area contributed by atoms with Crippen LogP contribution in [-0.4, -0.2) is 11.0 Å². The third-order valence-electron chi connectivity index (χ3n) is 2.60. The molecule has 0 saturated heterocycles. The highest BCUT2D eigenvalue weighted by Crippen LogP contribution is 2.21. The number of hydrogen-bond donors (Lipinski definition) is 1. The van der Waals surface area contributed by atoms with Crippen molar-refractivity contribution in [2.45, 2.75) is 38.6 Å². The average Bonchev–Trinajstić information content (AvgIpc) is 2.57. The van der Waals surface area contributed by atoms with Crippen LogP contribution in [0.3, 0.4) is 0 Å². The zero-order valence-corrected chi connectivity index (χ0v) is 8.09. The number of anilines is 1. The molecule has 2 heteroatoms. The van der Waals surface area contributed by atoms with E-state index in [0.29, 0.717) is 6.04 Å². The summed E-state index contributed by atoms with van der Waals surface area (Å²) in [7, 11) is 0. The van der Waals surface area contributed by atoms with Gasteiger partial charge in [-0.05, 0) is 31.9 Å². The van der Waals surface area contributed by atoms with Crippen LogP contribution >= 0.6 is 0 Å². The second-order valence-corrected chi connectivity index (χ2v) is 3.79. The van der Waals surface area contributed by atoms with E-state index in [0.717, 1.165) is 11.5 Å². The Morgan fingerprint density at radius 3 is 2.77 bits per heavy atom. The van der Waals surface area contributed by atoms with Crippen molar-refractivity contribution in [2.24, 2.45) is 0 Å². The summed E-state index contributed by atoms with van der Waals surface area (Å²) < 4.78 is 0. The van der Waals surface area contributed by atoms with Gasteiger partial charge in [-0.2, -0.15) is 0 Å². The molecule has 1 aliphatic rings. The summed E-state index contributed by atoms with van der Waals surface area (Å²) in [6, 6.07) is 6.79. The van der Waals surface area contributed by atoms with Gasteiger partial charge in [-0.15, -0.1) is 0 Å². The van der Waals surface area contributed by atoms with Crippen molar-refractivity contribution in [3.05, 3.63) is 23.9 Å². The van der Waals surface area contributed by atoms with Crippen molar-refractivity contribution >= 4 is 5.82 Å². The third-order valence-corrected chi connectivity index (χ3v) is 2.60. The molecule has 1 N–H and O–H groups in total. The maximum Gasteiger partial charge on any atom is 0.126 e. The molecule has 70 valence electrons. The van der Waals surface area contributed by atoms with Crippen LogP contribution in [0.4, 0.5) is 5.82 Å². The predicted octanol–water partition coefficient (Wildman–Crippen LogP) is 2.74. The fourth-order valence-electron chi connectivity index (χ4n) is 1.90. The van der Waals surface area contributed by atoms with Gasteiger partial charge in [-0.1, -0.05) is 18.9 Å². The molecule has 0 aromatic carbocycles. The Labute approximate surface area is 79.4 Å². The summed E-state index contributed by atoms with van der Waals surface area (Å²) in [5.41, 5.74) is 1.09. The molecule has 1 saturated carbocycles. The summed E-state index contributed by atoms with van der Waals surface area (Å²) in [5.74, 6) is 1.03. The molecule has 1 fully saturated rings. The molecule has 0 bridgehead atoms. The largest absolute Gasteiger partial charge is 0.367 e. The van der Waals surface area contributed by atoms with Crippen molar-refractivity contribution in [1.82, 2.24) is 4.98 Å². The molecular weight excluding hydrogens is 160 g/mol. The Bertz CT molecular complexity index is 277. The van der Waals surface area contributed by atoms with Gasteiger partial charge < -0.3 is 5.32 Å². The lowest BCUT2D eigenvalue weighted by Crippen LogP contribution is -2.15. The van der Waals surface area contributed by atoms with Crippen molar-refractivity contribution < 1.29 is 0 Å². The first kappa shape index (κ1) is 8.54. The average molecular weight is 176 g/mol. The topological polar surface area (TPSA) is 24.9 Å². The minimum atomic E-state index is 0.661. The van der Waals surface area contributed by atoms with E-state index < -0.39 is 0 Å². The van der Waals surface area contributed by atoms with Crippen LogP contribution in [0.5, 0.6) is 0 Å². The van der Waals surface area contributed by atoms with Crippen LogP contribution in [0.15, 0.2) is 18.2 Å². The number of pyridine rings is 1. The van der Waals surface area contributed by atoms with Crippen LogP contribution in [0.25, 0.3) is 0 Å². The molecule has 13 heavy (non-hydrogen) atoms. The van der Waals surface area contributed by atoms with Gasteiger partial charge in [0, 0.05) is 11.7 Å². The lowest BCUT2D eigenvalue weighted by Gasteiger charge is -2.12. The Hall–Kier alpha value is -1.05. The molecule has 0 spiro atoms. The Kier molecular flexibility index (Phi) is 2.48. The van der Waals surface area contributed by atoms with Gasteiger partial charge in [0.2, 0.25) is 0 Å². The number of aryl methyl sites for hydroxylation is 1. The maximum atomic E-state index is 4.43. The first-order chi connectivity index (χ1) is 6.34. The second kappa shape index (κ2) is 3.77. The molecule has 2 rings (SSSR count). The van der Waals surface area contributed by atoms with Crippen LogP contribution in [0, 0.1) is 6.92 Å². The smallest absolute Gasteiger partial charge is 0.126 e. The molecule has 0 radical (unpaired) electrons. The predicted molar refractivity (Wildman–Crippen MR) is 54.9 cm³/mol. The van der Waals surface area contributed by atoms with Gasteiger partial charge in [0.05, 0.1) is 0 Å². The minimum Gasteiger partial charge on any atom is -0.367 e. The van der Waals surface area contributed by atoms with E-state index in [1.165, 1.54) is 25.7 Å². The number of nitrogens with zero attached hydrogens (tertiary/aromatic N) is 1. The normalized spacial score (nSPS) is 17.6. The Balaban J connectivity index is 2.00. The summed E-state index contributed by atoms with van der Waals surface area (Å²) >= 11 is 0. The second-order valence-electron chi connectivity index (χ2n) is 3.79. The molecule has 0 aliphatic heterocycles. The van der Waals surface area contributed by atoms with E-state index in [1.54, 1.807) is 0 Å². The number of hydrogen-bond acceptors (Lipinski definition) is 2. The fourth-order valence-corrected chi connectivity index (χ4v) is 1.90. The van der Waals surface area contributed by atoms with Crippen molar-refractivity contribution in [1.29, 1.82) is 0 Å². The van der Waals surface area contributed by atoms with E-state index >= 15 is 0 Å². The number of nitrogens with one attached hydrogen (secondary N) is 1. The summed E-state index contributed by atoms with van der Waals surface area (Å²) in [6.45, 7) is 2.03. The Morgan fingerprint density at radius 1 is 1.31 bits per heavy atom. The highest BCUT2D eigenvalue weighted by atomic mass is 15.0. The number of aromatic nitrogens is 1. The number of rotatable bonds is 2. The molecule has 0 unspecified atom stereocenters. The van der Waals surface area contributed by atoms with Gasteiger partial charge in [0.25, 0.3) is 0 Å². The lowest BCUT2D eigenvalue weighted by atomic mass is 10.2. The Morgan fingerprint density at radius 2 is 2.08 bits per heavy atom. The first-order valence-electron chi connectivity index (χ1n) is 5.05. The fraction of sp³-hybridized carbons (Fsp3) is 0.545. The van der Waals surface area contributed by atoms with Crippen molar-refractivity contribution in [3.63, 3.8) is 0 Å². The standard InChI is InChI=1S/C11H16N2/c1-9-5-4-8-11(12-9)13-10-6-2-3-7-10/h4-5,8,10H,2-3,6-7H2,1H3,(H,12,13). The molecule has 1 aromatic rings. The molecule has 1 aromatic heterocycles. The maximum absolute atomic E-state index is 4.43. The highest BCUT2D eigenvalue weighted by Gasteiger charge is 2.14. The zero-order valence-electron chi connectivity index (χ0n) is 8.09. The summed E-state index contributed by atoms with van der Waals surface area (Å²) in [5, 5.41) is 3.47. The van der Waals surface area contributed by atoms with Gasteiger partial charge >= 0.3 is 0 Å². The highest BCUT2D eigenvalue weighted by molar-refractivity contribution is 5.36. The van der Waals surface area contributed by atoms with E-state index in [-0.39, 0.29) is 0 Å². The summed E-state index contributed by atoms with van der Waals surface area (Å²) in [6.07, 6.45) is 5.33. The van der Waals surface area contributed by atoms with Gasteiger partial charge in [-0.25, -0.2) is 4.98 Å².